The first-order chi connectivity index (χ1) is 26.2. The molecule has 0 spiro atoms. The van der Waals surface area contributed by atoms with Crippen LogP contribution in [0, 0.1) is 17.1 Å². The molecule has 10 rings (SSSR count). The molecule has 0 radical (unpaired) electrons. The van der Waals surface area contributed by atoms with Crippen molar-refractivity contribution >= 4 is 43.6 Å². The van der Waals surface area contributed by atoms with Gasteiger partial charge in [0.25, 0.3) is 0 Å². The lowest BCUT2D eigenvalue weighted by Gasteiger charge is -2.18. The van der Waals surface area contributed by atoms with Crippen molar-refractivity contribution in [1.29, 1.82) is 5.26 Å². The highest BCUT2D eigenvalue weighted by atomic mass is 19.1. The third-order valence-electron chi connectivity index (χ3n) is 10.4. The minimum Gasteiger partial charge on any atom is -0.308 e. The summed E-state index contributed by atoms with van der Waals surface area (Å²) in [7, 11) is 0. The first kappa shape index (κ1) is 30.6. The van der Waals surface area contributed by atoms with Crippen LogP contribution in [0.25, 0.3) is 88.4 Å². The number of para-hydroxylation sites is 2. The molecule has 2 heterocycles. The van der Waals surface area contributed by atoms with Crippen LogP contribution in [0.2, 0.25) is 0 Å². The predicted octanol–water partition coefficient (Wildman–Crippen LogP) is 12.9. The van der Waals surface area contributed by atoms with Gasteiger partial charge in [0.1, 0.15) is 17.4 Å². The van der Waals surface area contributed by atoms with Gasteiger partial charge in [0.15, 0.2) is 0 Å². The van der Waals surface area contributed by atoms with Crippen molar-refractivity contribution in [2.45, 2.75) is 0 Å². The molecule has 8 aromatic carbocycles. The largest absolute Gasteiger partial charge is 0.308 e. The van der Waals surface area contributed by atoms with E-state index >= 15 is 4.39 Å². The Bertz CT molecular complexity index is 2890. The fourth-order valence-corrected chi connectivity index (χ4v) is 8.02. The molecule has 2 aromatic heterocycles. The van der Waals surface area contributed by atoms with Crippen molar-refractivity contribution in [3.05, 3.63) is 193 Å². The number of hydrogen-bond acceptors (Lipinski definition) is 1. The number of nitrogens with zero attached hydrogens (tertiary/aromatic N) is 3. The molecule has 0 aliphatic heterocycles. The van der Waals surface area contributed by atoms with Gasteiger partial charge in [0.2, 0.25) is 0 Å². The molecule has 0 fully saturated rings. The van der Waals surface area contributed by atoms with Crippen LogP contribution in [0.5, 0.6) is 0 Å². The van der Waals surface area contributed by atoms with Crippen LogP contribution in [0.15, 0.2) is 182 Å². The van der Waals surface area contributed by atoms with Gasteiger partial charge in [-0.2, -0.15) is 5.26 Å². The number of benzene rings is 8. The van der Waals surface area contributed by atoms with Gasteiger partial charge in [-0.1, -0.05) is 127 Å². The second kappa shape index (κ2) is 12.2. The Morgan fingerprint density at radius 2 is 0.811 bits per heavy atom. The van der Waals surface area contributed by atoms with Crippen molar-refractivity contribution in [3.8, 4) is 50.8 Å². The van der Waals surface area contributed by atoms with E-state index in [0.29, 0.717) is 28.1 Å². The Morgan fingerprint density at radius 1 is 0.377 bits per heavy atom. The van der Waals surface area contributed by atoms with Gasteiger partial charge in [-0.3, -0.25) is 0 Å². The van der Waals surface area contributed by atoms with E-state index in [0.717, 1.165) is 65.9 Å². The van der Waals surface area contributed by atoms with Crippen LogP contribution < -0.4 is 0 Å². The zero-order valence-corrected chi connectivity index (χ0v) is 28.5. The van der Waals surface area contributed by atoms with Gasteiger partial charge in [-0.15, -0.1) is 0 Å². The van der Waals surface area contributed by atoms with Crippen LogP contribution in [-0.2, 0) is 0 Å². The van der Waals surface area contributed by atoms with Gasteiger partial charge < -0.3 is 9.13 Å². The second-order valence-electron chi connectivity index (χ2n) is 13.4. The lowest BCUT2D eigenvalue weighted by atomic mass is 9.99. The maximum atomic E-state index is 15.8. The SMILES string of the molecule is N#Cc1c(-n2c3ccccc3c3cc(-c4ccccc4)ccc32)cc(-c2ccccc2F)cc1-n1c2ccccc2c2cc(-c3ccccc3)ccc21. The topological polar surface area (TPSA) is 33.6 Å². The van der Waals surface area contributed by atoms with E-state index < -0.39 is 0 Å². The molecule has 0 saturated heterocycles. The predicted molar refractivity (Wildman–Crippen MR) is 216 cm³/mol. The third-order valence-corrected chi connectivity index (χ3v) is 10.4. The van der Waals surface area contributed by atoms with Crippen molar-refractivity contribution < 1.29 is 4.39 Å². The van der Waals surface area contributed by atoms with Crippen molar-refractivity contribution in [1.82, 2.24) is 9.13 Å². The molecule has 0 atom stereocenters. The van der Waals surface area contributed by atoms with Crippen LogP contribution in [0.1, 0.15) is 5.56 Å². The van der Waals surface area contributed by atoms with Gasteiger partial charge >= 0.3 is 0 Å². The molecule has 0 unspecified atom stereocenters. The first-order valence-electron chi connectivity index (χ1n) is 17.7. The van der Waals surface area contributed by atoms with E-state index in [4.69, 9.17) is 0 Å². The molecule has 0 N–H and O–H groups in total. The molecule has 0 aliphatic rings. The number of fused-ring (bicyclic) bond motifs is 6. The summed E-state index contributed by atoms with van der Waals surface area (Å²) in [5, 5.41) is 15.5. The lowest BCUT2D eigenvalue weighted by Crippen LogP contribution is -2.05. The van der Waals surface area contributed by atoms with Crippen molar-refractivity contribution in [2.75, 3.05) is 0 Å². The maximum absolute atomic E-state index is 15.8. The second-order valence-corrected chi connectivity index (χ2v) is 13.4. The molecule has 53 heavy (non-hydrogen) atoms. The molecule has 0 aliphatic carbocycles. The standard InChI is InChI=1S/C49H30FN3/c50-43-20-10-7-17-37(43)36-29-48(52-44-21-11-8-18-38(44)40-27-34(23-25-46(40)52)32-13-3-1-4-14-32)42(31-51)49(30-36)53-45-22-12-9-19-39(45)41-28-35(24-26-47(41)53)33-15-5-2-6-16-33/h1-30H. The Balaban J connectivity index is 1.31. The van der Waals surface area contributed by atoms with Crippen LogP contribution in [-0.4, -0.2) is 9.13 Å². The van der Waals surface area contributed by atoms with Crippen molar-refractivity contribution in [3.63, 3.8) is 0 Å². The van der Waals surface area contributed by atoms with E-state index in [-0.39, 0.29) is 5.82 Å². The molecule has 0 bridgehead atoms. The first-order valence-corrected chi connectivity index (χ1v) is 17.7. The number of nitriles is 1. The molecule has 3 nitrogen and oxygen atoms in total. The quantitative estimate of drug-likeness (QED) is 0.178. The smallest absolute Gasteiger partial charge is 0.131 e. The minimum absolute atomic E-state index is 0.321. The van der Waals surface area contributed by atoms with Gasteiger partial charge in [0, 0.05) is 27.1 Å². The Labute approximate surface area is 305 Å². The van der Waals surface area contributed by atoms with E-state index in [2.05, 4.69) is 137 Å². The van der Waals surface area contributed by atoms with Gasteiger partial charge in [-0.25, -0.2) is 4.39 Å². The lowest BCUT2D eigenvalue weighted by molar-refractivity contribution is 0.631. The average Bonchev–Trinajstić information content (AvgIpc) is 3.73. The zero-order chi connectivity index (χ0) is 35.5. The molecule has 10 aromatic rings. The van der Waals surface area contributed by atoms with Gasteiger partial charge in [-0.05, 0) is 82.4 Å². The Kier molecular flexibility index (Phi) is 7.06. The van der Waals surface area contributed by atoms with E-state index in [1.54, 1.807) is 12.1 Å². The highest BCUT2D eigenvalue weighted by molar-refractivity contribution is 6.12. The monoisotopic (exact) mass is 679 g/mol. The highest BCUT2D eigenvalue weighted by Crippen LogP contribution is 2.42. The summed E-state index contributed by atoms with van der Waals surface area (Å²) in [4.78, 5) is 0. The van der Waals surface area contributed by atoms with Crippen molar-refractivity contribution in [2.24, 2.45) is 0 Å². The summed E-state index contributed by atoms with van der Waals surface area (Å²) < 4.78 is 20.1. The Hall–Kier alpha value is -7.22. The zero-order valence-electron chi connectivity index (χ0n) is 28.5. The van der Waals surface area contributed by atoms with Gasteiger partial charge in [0.05, 0.1) is 33.4 Å². The van der Waals surface area contributed by atoms with E-state index in [1.165, 1.54) is 6.07 Å². The Morgan fingerprint density at radius 3 is 1.30 bits per heavy atom. The molecule has 0 amide bonds. The van der Waals surface area contributed by atoms with Crippen LogP contribution in [0.4, 0.5) is 4.39 Å². The van der Waals surface area contributed by atoms with E-state index in [1.807, 2.05) is 42.5 Å². The summed E-state index contributed by atoms with van der Waals surface area (Å²) in [6.07, 6.45) is 0. The van der Waals surface area contributed by atoms with Crippen LogP contribution >= 0.6 is 0 Å². The maximum Gasteiger partial charge on any atom is 0.131 e. The molecular formula is C49H30FN3. The summed E-state index contributed by atoms with van der Waals surface area (Å²) in [6, 6.07) is 63.8. The number of rotatable bonds is 5. The van der Waals surface area contributed by atoms with Crippen LogP contribution in [0.3, 0.4) is 0 Å². The fourth-order valence-electron chi connectivity index (χ4n) is 8.02. The fraction of sp³-hybridized carbons (Fsp3) is 0. The highest BCUT2D eigenvalue weighted by Gasteiger charge is 2.23. The number of aromatic nitrogens is 2. The number of hydrogen-bond donors (Lipinski definition) is 0. The molecule has 248 valence electrons. The van der Waals surface area contributed by atoms with E-state index in [9.17, 15) is 5.26 Å². The normalized spacial score (nSPS) is 11.5. The molecule has 4 heteroatoms. The average molecular weight is 680 g/mol. The summed E-state index contributed by atoms with van der Waals surface area (Å²) in [5.41, 5.74) is 11.4. The third kappa shape index (κ3) is 4.87. The molecule has 0 saturated carbocycles. The molecular weight excluding hydrogens is 650 g/mol. The summed E-state index contributed by atoms with van der Waals surface area (Å²) in [5.74, 6) is -0.321. The summed E-state index contributed by atoms with van der Waals surface area (Å²) in [6.45, 7) is 0. The minimum atomic E-state index is -0.321. The summed E-state index contributed by atoms with van der Waals surface area (Å²) >= 11 is 0. The number of halogens is 1.